The zero-order valence-corrected chi connectivity index (χ0v) is 10.4. The fourth-order valence-electron chi connectivity index (χ4n) is 1.31. The van der Waals surface area contributed by atoms with E-state index in [1.54, 1.807) is 12.2 Å². The van der Waals surface area contributed by atoms with Crippen molar-refractivity contribution in [1.82, 2.24) is 5.32 Å². The van der Waals surface area contributed by atoms with Gasteiger partial charge in [-0.1, -0.05) is 6.08 Å². The molecule has 0 aliphatic heterocycles. The van der Waals surface area contributed by atoms with Crippen molar-refractivity contribution in [2.45, 2.75) is 19.9 Å². The van der Waals surface area contributed by atoms with Gasteiger partial charge in [-0.3, -0.25) is 4.79 Å². The maximum atomic E-state index is 11.1. The predicted molar refractivity (Wildman–Crippen MR) is 55.3 cm³/mol. The highest BCUT2D eigenvalue weighted by Gasteiger charge is 2.14. The number of rotatable bonds is 4. The third-order valence-electron chi connectivity index (χ3n) is 1.53. The van der Waals surface area contributed by atoms with Gasteiger partial charge < -0.3 is 22.2 Å². The number of allylic oxidation sites excluding steroid dienone is 1. The minimum Gasteiger partial charge on any atom is -1.00 e. The van der Waals surface area contributed by atoms with Gasteiger partial charge in [-0.05, 0) is 19.9 Å². The van der Waals surface area contributed by atoms with Crippen LogP contribution in [0, 0.1) is 0 Å². The van der Waals surface area contributed by atoms with E-state index >= 15 is 0 Å². The average molecular weight is 221 g/mol. The molecular formula is C10H21ClN2O. The SMILES string of the molecule is CC=CC(=O)NC(C)C[N+](C)(C)C.[Cl-]. The number of hydrogen-bond acceptors (Lipinski definition) is 1. The van der Waals surface area contributed by atoms with Crippen LogP contribution >= 0.6 is 0 Å². The van der Waals surface area contributed by atoms with Crippen LogP contribution in [0.3, 0.4) is 0 Å². The Morgan fingerprint density at radius 3 is 2.29 bits per heavy atom. The minimum absolute atomic E-state index is 0. The highest BCUT2D eigenvalue weighted by molar-refractivity contribution is 5.87. The fraction of sp³-hybridized carbons (Fsp3) is 0.700. The highest BCUT2D eigenvalue weighted by Crippen LogP contribution is 1.94. The molecule has 1 amide bonds. The average Bonchev–Trinajstić information content (AvgIpc) is 1.81. The Hall–Kier alpha value is -0.540. The molecule has 0 aromatic heterocycles. The maximum absolute atomic E-state index is 11.1. The van der Waals surface area contributed by atoms with Gasteiger partial charge in [-0.2, -0.15) is 0 Å². The lowest BCUT2D eigenvalue weighted by atomic mass is 10.3. The molecule has 3 nitrogen and oxygen atoms in total. The first kappa shape index (κ1) is 15.9. The van der Waals surface area contributed by atoms with E-state index in [-0.39, 0.29) is 24.4 Å². The standard InChI is InChI=1S/C10H20N2O.ClH/c1-6-7-10(13)11-9(2)8-12(3,4)5;/h6-7,9H,8H2,1-5H3;1H. The number of carbonyl (C=O) groups excluding carboxylic acids is 1. The molecule has 0 saturated carbocycles. The monoisotopic (exact) mass is 220 g/mol. The molecule has 0 aromatic carbocycles. The third kappa shape index (κ3) is 9.55. The molecule has 0 spiro atoms. The second kappa shape index (κ2) is 6.85. The van der Waals surface area contributed by atoms with Crippen LogP contribution in [0.25, 0.3) is 0 Å². The van der Waals surface area contributed by atoms with Crippen LogP contribution in [0.15, 0.2) is 12.2 Å². The Morgan fingerprint density at radius 2 is 1.93 bits per heavy atom. The smallest absolute Gasteiger partial charge is 0.244 e. The van der Waals surface area contributed by atoms with Gasteiger partial charge >= 0.3 is 0 Å². The molecule has 0 heterocycles. The maximum Gasteiger partial charge on any atom is 0.244 e. The van der Waals surface area contributed by atoms with Gasteiger partial charge in [-0.15, -0.1) is 0 Å². The summed E-state index contributed by atoms with van der Waals surface area (Å²) >= 11 is 0. The Balaban J connectivity index is 0. The van der Waals surface area contributed by atoms with Crippen molar-refractivity contribution in [3.05, 3.63) is 12.2 Å². The van der Waals surface area contributed by atoms with Gasteiger partial charge in [0.05, 0.1) is 33.7 Å². The lowest BCUT2D eigenvalue weighted by Crippen LogP contribution is -3.00. The number of carbonyl (C=O) groups is 1. The Bertz CT molecular complexity index is 197. The number of amides is 1. The first-order valence-electron chi connectivity index (χ1n) is 4.59. The van der Waals surface area contributed by atoms with Gasteiger partial charge in [0, 0.05) is 0 Å². The summed E-state index contributed by atoms with van der Waals surface area (Å²) < 4.78 is 0.858. The molecule has 0 fully saturated rings. The van der Waals surface area contributed by atoms with Crippen LogP contribution in [-0.2, 0) is 4.79 Å². The normalized spacial score (nSPS) is 13.5. The van der Waals surface area contributed by atoms with Crippen molar-refractivity contribution in [2.75, 3.05) is 27.7 Å². The molecule has 1 atom stereocenters. The molecule has 0 rings (SSSR count). The summed E-state index contributed by atoms with van der Waals surface area (Å²) in [6, 6.07) is 0.212. The molecule has 0 aliphatic carbocycles. The molecule has 1 unspecified atom stereocenters. The number of nitrogens with one attached hydrogen (secondary N) is 1. The van der Waals surface area contributed by atoms with Crippen LogP contribution in [0.4, 0.5) is 0 Å². The number of hydrogen-bond donors (Lipinski definition) is 1. The molecular weight excluding hydrogens is 200 g/mol. The summed E-state index contributed by atoms with van der Waals surface area (Å²) in [6.07, 6.45) is 3.29. The van der Waals surface area contributed by atoms with E-state index in [4.69, 9.17) is 0 Å². The fourth-order valence-corrected chi connectivity index (χ4v) is 1.31. The summed E-state index contributed by atoms with van der Waals surface area (Å²) in [6.45, 7) is 4.79. The van der Waals surface area contributed by atoms with Crippen molar-refractivity contribution in [3.8, 4) is 0 Å². The van der Waals surface area contributed by atoms with Crippen LogP contribution in [0.2, 0.25) is 0 Å². The van der Waals surface area contributed by atoms with Gasteiger partial charge in [-0.25, -0.2) is 0 Å². The second-order valence-corrected chi connectivity index (χ2v) is 4.38. The van der Waals surface area contributed by atoms with Crippen molar-refractivity contribution in [3.63, 3.8) is 0 Å². The number of nitrogens with zero attached hydrogens (tertiary/aromatic N) is 1. The molecule has 0 aromatic rings. The van der Waals surface area contributed by atoms with Crippen LogP contribution in [0.5, 0.6) is 0 Å². The Labute approximate surface area is 93.2 Å². The quantitative estimate of drug-likeness (QED) is 0.422. The third-order valence-corrected chi connectivity index (χ3v) is 1.53. The van der Waals surface area contributed by atoms with E-state index in [0.717, 1.165) is 11.0 Å². The minimum atomic E-state index is -0.0107. The van der Waals surface area contributed by atoms with Gasteiger partial charge in [0.15, 0.2) is 0 Å². The molecule has 1 N–H and O–H groups in total. The first-order chi connectivity index (χ1) is 5.85. The van der Waals surface area contributed by atoms with Gasteiger partial charge in [0.1, 0.15) is 0 Å². The molecule has 0 aliphatic rings. The second-order valence-electron chi connectivity index (χ2n) is 4.38. The largest absolute Gasteiger partial charge is 1.00 e. The van der Waals surface area contributed by atoms with Crippen molar-refractivity contribution >= 4 is 5.91 Å². The summed E-state index contributed by atoms with van der Waals surface area (Å²) in [5.74, 6) is -0.0107. The van der Waals surface area contributed by atoms with E-state index < -0.39 is 0 Å². The number of quaternary nitrogens is 1. The highest BCUT2D eigenvalue weighted by atomic mass is 35.5. The first-order valence-corrected chi connectivity index (χ1v) is 4.59. The molecule has 4 heteroatoms. The number of halogens is 1. The topological polar surface area (TPSA) is 29.1 Å². The van der Waals surface area contributed by atoms with E-state index in [1.165, 1.54) is 0 Å². The van der Waals surface area contributed by atoms with Crippen molar-refractivity contribution < 1.29 is 21.7 Å². The van der Waals surface area contributed by atoms with E-state index in [2.05, 4.69) is 26.5 Å². The summed E-state index contributed by atoms with van der Waals surface area (Å²) in [5.41, 5.74) is 0. The summed E-state index contributed by atoms with van der Waals surface area (Å²) in [5, 5.41) is 2.90. The van der Waals surface area contributed by atoms with Gasteiger partial charge in [0.2, 0.25) is 5.91 Å². The molecule has 0 radical (unpaired) electrons. The van der Waals surface area contributed by atoms with Crippen molar-refractivity contribution in [1.29, 1.82) is 0 Å². The Morgan fingerprint density at radius 1 is 1.43 bits per heavy atom. The van der Waals surface area contributed by atoms with E-state index in [0.29, 0.717) is 0 Å². The molecule has 0 saturated heterocycles. The van der Waals surface area contributed by atoms with Crippen LogP contribution in [0.1, 0.15) is 13.8 Å². The number of likely N-dealkylation sites (N-methyl/N-ethyl adjacent to an activating group) is 1. The zero-order valence-electron chi connectivity index (χ0n) is 9.67. The molecule has 14 heavy (non-hydrogen) atoms. The van der Waals surface area contributed by atoms with Crippen molar-refractivity contribution in [2.24, 2.45) is 0 Å². The van der Waals surface area contributed by atoms with Crippen LogP contribution in [-0.4, -0.2) is 44.1 Å². The molecule has 0 bridgehead atoms. The van der Waals surface area contributed by atoms with E-state index in [9.17, 15) is 4.79 Å². The van der Waals surface area contributed by atoms with E-state index in [1.807, 2.05) is 13.8 Å². The Kier molecular flexibility index (Phi) is 7.78. The summed E-state index contributed by atoms with van der Waals surface area (Å²) in [7, 11) is 6.33. The summed E-state index contributed by atoms with van der Waals surface area (Å²) in [4.78, 5) is 11.1. The zero-order chi connectivity index (χ0) is 10.5. The predicted octanol–water partition coefficient (Wildman–Crippen LogP) is -2.22. The lowest BCUT2D eigenvalue weighted by molar-refractivity contribution is -0.871. The molecule has 84 valence electrons. The van der Waals surface area contributed by atoms with Gasteiger partial charge in [0.25, 0.3) is 0 Å². The van der Waals surface area contributed by atoms with Crippen LogP contribution < -0.4 is 17.7 Å². The lowest BCUT2D eigenvalue weighted by Gasteiger charge is -2.27.